The molecule has 0 saturated carbocycles. The van der Waals surface area contributed by atoms with Crippen LogP contribution in [0.1, 0.15) is 17.5 Å². The van der Waals surface area contributed by atoms with Crippen molar-refractivity contribution in [2.24, 2.45) is 0 Å². The Morgan fingerprint density at radius 3 is 2.59 bits per heavy atom. The van der Waals surface area contributed by atoms with E-state index in [2.05, 4.69) is 0 Å². The van der Waals surface area contributed by atoms with Crippen molar-refractivity contribution in [3.8, 4) is 11.5 Å². The van der Waals surface area contributed by atoms with E-state index < -0.39 is 0 Å². The molecule has 2 aromatic carbocycles. The van der Waals surface area contributed by atoms with Crippen LogP contribution in [0.15, 0.2) is 41.3 Å². The molecule has 1 fully saturated rings. The summed E-state index contributed by atoms with van der Waals surface area (Å²) in [4.78, 5) is 14.2. The molecule has 0 atom stereocenters. The molecule has 3 rings (SSSR count). The predicted octanol–water partition coefficient (Wildman–Crippen LogP) is 5.98. The zero-order chi connectivity index (χ0) is 21.0. The van der Waals surface area contributed by atoms with E-state index in [1.807, 2.05) is 25.1 Å². The average molecular weight is 468 g/mol. The fourth-order valence-corrected chi connectivity index (χ4v) is 4.06. The third kappa shape index (κ3) is 5.66. The Kier molecular flexibility index (Phi) is 7.46. The maximum atomic E-state index is 12.2. The lowest BCUT2D eigenvalue weighted by atomic mass is 10.2. The summed E-state index contributed by atoms with van der Waals surface area (Å²) in [6.45, 7) is 2.91. The van der Waals surface area contributed by atoms with Crippen molar-refractivity contribution in [3.63, 3.8) is 0 Å². The largest absolute Gasteiger partial charge is 0.493 e. The van der Waals surface area contributed by atoms with Gasteiger partial charge in [-0.15, -0.1) is 0 Å². The van der Waals surface area contributed by atoms with Crippen LogP contribution in [0.2, 0.25) is 10.0 Å². The molecule has 1 amide bonds. The van der Waals surface area contributed by atoms with Gasteiger partial charge in [-0.2, -0.15) is 0 Å². The van der Waals surface area contributed by atoms with Crippen LogP contribution in [0, 0.1) is 6.92 Å². The number of carbonyl (C=O) groups excluding carboxylic acids is 1. The maximum Gasteiger partial charge on any atom is 0.265 e. The number of halogens is 2. The highest BCUT2D eigenvalue weighted by molar-refractivity contribution is 8.26. The Bertz CT molecular complexity index is 978. The summed E-state index contributed by atoms with van der Waals surface area (Å²) in [7, 11) is 1.66. The Hall–Kier alpha value is -1.73. The first-order chi connectivity index (χ1) is 13.8. The van der Waals surface area contributed by atoms with Crippen LogP contribution >= 0.6 is 47.2 Å². The summed E-state index contributed by atoms with van der Waals surface area (Å²) < 4.78 is 12.2. The molecule has 0 unspecified atom stereocenters. The lowest BCUT2D eigenvalue weighted by molar-refractivity contribution is -0.121. The molecule has 0 aliphatic carbocycles. The Morgan fingerprint density at radius 2 is 1.90 bits per heavy atom. The van der Waals surface area contributed by atoms with Crippen molar-refractivity contribution in [3.05, 3.63) is 62.5 Å². The van der Waals surface area contributed by atoms with Gasteiger partial charge in [-0.05, 0) is 55.0 Å². The van der Waals surface area contributed by atoms with Gasteiger partial charge in [-0.3, -0.25) is 9.69 Å². The molecule has 0 radical (unpaired) electrons. The van der Waals surface area contributed by atoms with Gasteiger partial charge in [0, 0.05) is 29.1 Å². The molecule has 0 spiro atoms. The second-order valence-electron chi connectivity index (χ2n) is 6.38. The van der Waals surface area contributed by atoms with Gasteiger partial charge < -0.3 is 9.47 Å². The van der Waals surface area contributed by atoms with Gasteiger partial charge in [0.2, 0.25) is 0 Å². The molecular formula is C21H19Cl2NO3S2. The number of rotatable bonds is 7. The summed E-state index contributed by atoms with van der Waals surface area (Å²) in [6.07, 6.45) is 2.46. The summed E-state index contributed by atoms with van der Waals surface area (Å²) in [5, 5.41) is 1.29. The molecule has 2 aromatic rings. The fraction of sp³-hybridized carbons (Fsp3) is 0.238. The first-order valence-corrected chi connectivity index (χ1v) is 10.9. The Balaban J connectivity index is 1.59. The van der Waals surface area contributed by atoms with Crippen molar-refractivity contribution >= 4 is 63.5 Å². The zero-order valence-electron chi connectivity index (χ0n) is 15.9. The van der Waals surface area contributed by atoms with E-state index in [-0.39, 0.29) is 5.91 Å². The lowest BCUT2D eigenvalue weighted by Gasteiger charge is -2.11. The van der Waals surface area contributed by atoms with Crippen molar-refractivity contribution in [2.75, 3.05) is 20.3 Å². The van der Waals surface area contributed by atoms with Crippen molar-refractivity contribution < 1.29 is 14.3 Å². The van der Waals surface area contributed by atoms with Gasteiger partial charge in [0.15, 0.2) is 0 Å². The van der Waals surface area contributed by atoms with Gasteiger partial charge in [-0.1, -0.05) is 47.2 Å². The standard InChI is InChI=1S/C21H19Cl2NO3S2/c1-13-10-16(5-6-17(13)23)26-8-3-9-27-18-7-4-15(22)11-14(18)12-19-20(25)24(2)21(28)29-19/h4-7,10-12H,3,8-9H2,1-2H3. The minimum Gasteiger partial charge on any atom is -0.493 e. The summed E-state index contributed by atoms with van der Waals surface area (Å²) in [5.41, 5.74) is 1.71. The Labute approximate surface area is 189 Å². The van der Waals surface area contributed by atoms with Crippen LogP contribution in [0.4, 0.5) is 0 Å². The summed E-state index contributed by atoms with van der Waals surface area (Å²) in [5.74, 6) is 1.30. The number of carbonyl (C=O) groups is 1. The highest BCUT2D eigenvalue weighted by Gasteiger charge is 2.29. The monoisotopic (exact) mass is 467 g/mol. The van der Waals surface area contributed by atoms with E-state index in [1.54, 1.807) is 31.3 Å². The minimum atomic E-state index is -0.127. The number of hydrogen-bond acceptors (Lipinski definition) is 5. The number of nitrogens with zero attached hydrogens (tertiary/aromatic N) is 1. The topological polar surface area (TPSA) is 38.8 Å². The van der Waals surface area contributed by atoms with Crippen LogP contribution in [0.3, 0.4) is 0 Å². The molecule has 1 heterocycles. The highest BCUT2D eigenvalue weighted by atomic mass is 35.5. The van der Waals surface area contributed by atoms with E-state index in [9.17, 15) is 4.79 Å². The number of benzene rings is 2. The zero-order valence-corrected chi connectivity index (χ0v) is 19.1. The van der Waals surface area contributed by atoms with Crippen LogP contribution in [0.5, 0.6) is 11.5 Å². The number of ether oxygens (including phenoxy) is 2. The third-order valence-electron chi connectivity index (χ3n) is 4.19. The molecule has 29 heavy (non-hydrogen) atoms. The highest BCUT2D eigenvalue weighted by Crippen LogP contribution is 2.34. The van der Waals surface area contributed by atoms with Crippen LogP contribution in [-0.2, 0) is 4.79 Å². The maximum absolute atomic E-state index is 12.2. The number of likely N-dealkylation sites (N-methyl/N-ethyl adjacent to an activating group) is 1. The average Bonchev–Trinajstić information content (AvgIpc) is 2.92. The van der Waals surface area contributed by atoms with Gasteiger partial charge in [0.25, 0.3) is 5.91 Å². The molecule has 1 aliphatic heterocycles. The number of hydrogen-bond donors (Lipinski definition) is 0. The quantitative estimate of drug-likeness (QED) is 0.284. The number of thioether (sulfide) groups is 1. The van der Waals surface area contributed by atoms with E-state index in [4.69, 9.17) is 44.9 Å². The van der Waals surface area contributed by atoms with Gasteiger partial charge in [-0.25, -0.2) is 0 Å². The van der Waals surface area contributed by atoms with Crippen molar-refractivity contribution in [2.45, 2.75) is 13.3 Å². The number of thiocarbonyl (C=S) groups is 1. The summed E-state index contributed by atoms with van der Waals surface area (Å²) >= 11 is 18.6. The van der Waals surface area contributed by atoms with Gasteiger partial charge in [0.1, 0.15) is 15.8 Å². The van der Waals surface area contributed by atoms with Crippen LogP contribution in [0.25, 0.3) is 6.08 Å². The number of amides is 1. The van der Waals surface area contributed by atoms with E-state index >= 15 is 0 Å². The molecule has 8 heteroatoms. The molecule has 0 N–H and O–H groups in total. The SMILES string of the molecule is Cc1cc(OCCCOc2ccc(Cl)cc2C=C2SC(=S)N(C)C2=O)ccc1Cl. The fourth-order valence-electron chi connectivity index (χ4n) is 2.59. The normalized spacial score (nSPS) is 15.3. The van der Waals surface area contributed by atoms with Gasteiger partial charge >= 0.3 is 0 Å². The Morgan fingerprint density at radius 1 is 1.14 bits per heavy atom. The first-order valence-electron chi connectivity index (χ1n) is 8.88. The van der Waals surface area contributed by atoms with Crippen LogP contribution < -0.4 is 9.47 Å². The third-order valence-corrected chi connectivity index (χ3v) is 6.33. The summed E-state index contributed by atoms with van der Waals surface area (Å²) in [6, 6.07) is 10.9. The second kappa shape index (κ2) is 9.85. The molecule has 0 aromatic heterocycles. The second-order valence-corrected chi connectivity index (χ2v) is 8.90. The molecule has 152 valence electrons. The molecule has 1 saturated heterocycles. The van der Waals surface area contributed by atoms with Gasteiger partial charge in [0.05, 0.1) is 18.1 Å². The molecule has 1 aliphatic rings. The van der Waals surface area contributed by atoms with Crippen molar-refractivity contribution in [1.29, 1.82) is 0 Å². The first kappa shape index (κ1) is 22.0. The molecule has 0 bridgehead atoms. The predicted molar refractivity (Wildman–Crippen MR) is 124 cm³/mol. The van der Waals surface area contributed by atoms with E-state index in [1.165, 1.54) is 16.7 Å². The number of aryl methyl sites for hydroxylation is 1. The smallest absolute Gasteiger partial charge is 0.265 e. The molecular weight excluding hydrogens is 449 g/mol. The van der Waals surface area contributed by atoms with Crippen LogP contribution in [-0.4, -0.2) is 35.4 Å². The lowest BCUT2D eigenvalue weighted by Crippen LogP contribution is -2.22. The van der Waals surface area contributed by atoms with Crippen molar-refractivity contribution in [1.82, 2.24) is 4.90 Å². The van der Waals surface area contributed by atoms with E-state index in [0.717, 1.165) is 21.9 Å². The van der Waals surface area contributed by atoms with E-state index in [0.29, 0.717) is 39.6 Å². The minimum absolute atomic E-state index is 0.127. The molecule has 4 nitrogen and oxygen atoms in total.